The van der Waals surface area contributed by atoms with Gasteiger partial charge in [-0.15, -0.1) is 11.8 Å². The van der Waals surface area contributed by atoms with Gasteiger partial charge in [0.15, 0.2) is 10.5 Å². The van der Waals surface area contributed by atoms with Crippen molar-refractivity contribution < 1.29 is 8.42 Å². The summed E-state index contributed by atoms with van der Waals surface area (Å²) in [7, 11) is -3.63. The van der Waals surface area contributed by atoms with Crippen molar-refractivity contribution in [2.24, 2.45) is 0 Å². The molecule has 0 N–H and O–H groups in total. The van der Waals surface area contributed by atoms with Crippen molar-refractivity contribution in [1.29, 1.82) is 0 Å². The second-order valence-electron chi connectivity index (χ2n) is 4.04. The quantitative estimate of drug-likeness (QED) is 0.695. The number of rotatable bonds is 3. The third-order valence-corrected chi connectivity index (χ3v) is 5.45. The summed E-state index contributed by atoms with van der Waals surface area (Å²) in [5.74, 6) is 0. The number of aromatic nitrogens is 3. The number of fused-ring (bicyclic) bond motifs is 1. The zero-order valence-corrected chi connectivity index (χ0v) is 12.2. The van der Waals surface area contributed by atoms with Crippen molar-refractivity contribution in [1.82, 2.24) is 14.6 Å². The Balaban J connectivity index is 2.34. The largest absolute Gasteiger partial charge is 0.236 e. The van der Waals surface area contributed by atoms with Crippen LogP contribution in [-0.2, 0) is 9.84 Å². The maximum Gasteiger partial charge on any atom is 0.213 e. The van der Waals surface area contributed by atoms with Crippen molar-refractivity contribution in [3.63, 3.8) is 0 Å². The minimum atomic E-state index is -3.63. The summed E-state index contributed by atoms with van der Waals surface area (Å²) < 4.78 is 27.1. The van der Waals surface area contributed by atoms with Crippen LogP contribution in [0.5, 0.6) is 0 Å². The van der Waals surface area contributed by atoms with Gasteiger partial charge in [-0.25, -0.2) is 17.9 Å². The predicted octanol–water partition coefficient (Wildman–Crippen LogP) is 2.28. The molecule has 0 fully saturated rings. The van der Waals surface area contributed by atoms with Crippen LogP contribution in [-0.4, -0.2) is 29.3 Å². The Morgan fingerprint density at radius 1 is 1.15 bits per heavy atom. The minimum absolute atomic E-state index is 0.164. The molecule has 5 nitrogen and oxygen atoms in total. The molecule has 2 heterocycles. The smallest absolute Gasteiger partial charge is 0.213 e. The average molecular weight is 305 g/mol. The monoisotopic (exact) mass is 305 g/mol. The first-order valence-electron chi connectivity index (χ1n) is 5.82. The van der Waals surface area contributed by atoms with Gasteiger partial charge >= 0.3 is 0 Å². The van der Waals surface area contributed by atoms with Crippen molar-refractivity contribution in [3.8, 4) is 0 Å². The Hall–Kier alpha value is -1.86. The number of nitrogens with zero attached hydrogens (tertiary/aromatic N) is 3. The van der Waals surface area contributed by atoms with Crippen LogP contribution in [0.1, 0.15) is 0 Å². The molecule has 2 aromatic heterocycles. The number of sulfone groups is 1. The fraction of sp³-hybridized carbons (Fsp3) is 0.0769. The molecule has 0 unspecified atom stereocenters. The fourth-order valence-corrected chi connectivity index (χ4v) is 4.37. The Morgan fingerprint density at radius 2 is 1.90 bits per heavy atom. The molecule has 0 aliphatic heterocycles. The molecule has 102 valence electrons. The van der Waals surface area contributed by atoms with Crippen LogP contribution in [0.25, 0.3) is 5.65 Å². The molecule has 0 aliphatic carbocycles. The van der Waals surface area contributed by atoms with E-state index >= 15 is 0 Å². The summed E-state index contributed by atoms with van der Waals surface area (Å²) in [5.41, 5.74) is 0.348. The van der Waals surface area contributed by atoms with Crippen LogP contribution >= 0.6 is 11.8 Å². The van der Waals surface area contributed by atoms with Crippen molar-refractivity contribution in [2.75, 3.05) is 6.26 Å². The summed E-state index contributed by atoms with van der Waals surface area (Å²) in [5, 5.41) is 4.71. The Labute approximate surface area is 120 Å². The average Bonchev–Trinajstić information content (AvgIpc) is 2.87. The summed E-state index contributed by atoms with van der Waals surface area (Å²) in [4.78, 5) is 4.56. The summed E-state index contributed by atoms with van der Waals surface area (Å²) in [6.45, 7) is 0. The van der Waals surface area contributed by atoms with Gasteiger partial charge in [0.05, 0.1) is 4.90 Å². The van der Waals surface area contributed by atoms with Gasteiger partial charge in [-0.3, -0.25) is 0 Å². The van der Waals surface area contributed by atoms with E-state index < -0.39 is 9.84 Å². The first kappa shape index (κ1) is 13.1. The lowest BCUT2D eigenvalue weighted by Crippen LogP contribution is -2.03. The Bertz CT molecular complexity index is 858. The summed E-state index contributed by atoms with van der Waals surface area (Å²) >= 11 is 1.29. The van der Waals surface area contributed by atoms with E-state index in [4.69, 9.17) is 0 Å². The summed E-state index contributed by atoms with van der Waals surface area (Å²) in [6.07, 6.45) is 5.04. The first-order chi connectivity index (χ1) is 9.64. The molecule has 0 spiro atoms. The Morgan fingerprint density at radius 3 is 2.60 bits per heavy atom. The lowest BCUT2D eigenvalue weighted by atomic mass is 10.4. The molecule has 20 heavy (non-hydrogen) atoms. The van der Waals surface area contributed by atoms with Crippen LogP contribution in [0, 0.1) is 0 Å². The van der Waals surface area contributed by atoms with Gasteiger partial charge in [0, 0.05) is 12.4 Å². The SMILES string of the molecule is CSc1nn2cccnc2c1S(=O)(=O)c1ccccc1. The van der Waals surface area contributed by atoms with Crippen LogP contribution in [0.15, 0.2) is 63.6 Å². The van der Waals surface area contributed by atoms with E-state index in [1.54, 1.807) is 55.0 Å². The van der Waals surface area contributed by atoms with Crippen molar-refractivity contribution in [3.05, 3.63) is 48.8 Å². The van der Waals surface area contributed by atoms with E-state index in [0.29, 0.717) is 10.7 Å². The molecule has 0 amide bonds. The fourth-order valence-electron chi connectivity index (χ4n) is 1.93. The van der Waals surface area contributed by atoms with Gasteiger partial charge < -0.3 is 0 Å². The number of hydrogen-bond donors (Lipinski definition) is 0. The zero-order valence-electron chi connectivity index (χ0n) is 10.6. The highest BCUT2D eigenvalue weighted by atomic mass is 32.2. The lowest BCUT2D eigenvalue weighted by molar-refractivity contribution is 0.594. The van der Waals surface area contributed by atoms with E-state index in [1.807, 2.05) is 0 Å². The third kappa shape index (κ3) is 1.99. The maximum atomic E-state index is 12.8. The van der Waals surface area contributed by atoms with E-state index in [1.165, 1.54) is 16.3 Å². The highest BCUT2D eigenvalue weighted by Crippen LogP contribution is 2.31. The molecule has 0 aliphatic rings. The molecule has 0 atom stereocenters. The van der Waals surface area contributed by atoms with Crippen LogP contribution in [0.3, 0.4) is 0 Å². The Kier molecular flexibility index (Phi) is 3.23. The molecular weight excluding hydrogens is 294 g/mol. The predicted molar refractivity (Wildman–Crippen MR) is 76.7 cm³/mol. The highest BCUT2D eigenvalue weighted by Gasteiger charge is 2.27. The molecule has 7 heteroatoms. The first-order valence-corrected chi connectivity index (χ1v) is 8.53. The molecular formula is C13H11N3O2S2. The maximum absolute atomic E-state index is 12.8. The van der Waals surface area contributed by atoms with Gasteiger partial charge in [-0.05, 0) is 24.5 Å². The molecule has 3 aromatic rings. The number of benzene rings is 1. The highest BCUT2D eigenvalue weighted by molar-refractivity contribution is 7.99. The zero-order chi connectivity index (χ0) is 14.2. The van der Waals surface area contributed by atoms with Gasteiger partial charge in [0.25, 0.3) is 0 Å². The molecule has 0 saturated heterocycles. The second kappa shape index (κ2) is 4.92. The molecule has 3 rings (SSSR count). The topological polar surface area (TPSA) is 64.3 Å². The summed E-state index contributed by atoms with van der Waals surface area (Å²) in [6, 6.07) is 10.0. The van der Waals surface area contributed by atoms with Gasteiger partial charge in [0.1, 0.15) is 5.03 Å². The normalized spacial score (nSPS) is 11.8. The van der Waals surface area contributed by atoms with Gasteiger partial charge in [-0.1, -0.05) is 18.2 Å². The van der Waals surface area contributed by atoms with Gasteiger partial charge in [-0.2, -0.15) is 5.10 Å². The van der Waals surface area contributed by atoms with Crippen LogP contribution in [0.2, 0.25) is 0 Å². The van der Waals surface area contributed by atoms with E-state index in [9.17, 15) is 8.42 Å². The van der Waals surface area contributed by atoms with Crippen molar-refractivity contribution in [2.45, 2.75) is 14.8 Å². The van der Waals surface area contributed by atoms with Gasteiger partial charge in [0.2, 0.25) is 9.84 Å². The van der Waals surface area contributed by atoms with Crippen LogP contribution < -0.4 is 0 Å². The van der Waals surface area contributed by atoms with E-state index in [2.05, 4.69) is 10.1 Å². The van der Waals surface area contributed by atoms with E-state index in [-0.39, 0.29) is 9.79 Å². The minimum Gasteiger partial charge on any atom is -0.236 e. The second-order valence-corrected chi connectivity index (χ2v) is 6.72. The molecule has 0 saturated carbocycles. The van der Waals surface area contributed by atoms with Crippen LogP contribution in [0.4, 0.5) is 0 Å². The third-order valence-electron chi connectivity index (χ3n) is 2.84. The number of thioether (sulfide) groups is 1. The lowest BCUT2D eigenvalue weighted by Gasteiger charge is -2.03. The molecule has 0 bridgehead atoms. The molecule has 1 aromatic carbocycles. The molecule has 0 radical (unpaired) electrons. The number of hydrogen-bond acceptors (Lipinski definition) is 5. The standard InChI is InChI=1S/C13H11N3O2S2/c1-19-13-11(12-14-8-5-9-16(12)15-13)20(17,18)10-6-3-2-4-7-10/h2-9H,1H3. The van der Waals surface area contributed by atoms with Crippen molar-refractivity contribution >= 4 is 27.2 Å². The van der Waals surface area contributed by atoms with E-state index in [0.717, 1.165) is 0 Å².